The molecule has 0 radical (unpaired) electrons. The fraction of sp³-hybridized carbons (Fsp3) is 0.760. The Hall–Kier alpha value is -1.34. The minimum absolute atomic E-state index is 0.0651. The molecule has 172 valence electrons. The molecule has 3 atom stereocenters. The van der Waals surface area contributed by atoms with Crippen LogP contribution in [0, 0.1) is 5.92 Å². The molecule has 1 aromatic carbocycles. The lowest BCUT2D eigenvalue weighted by Gasteiger charge is -2.55. The van der Waals surface area contributed by atoms with Gasteiger partial charge < -0.3 is 24.2 Å². The molecule has 0 aliphatic carbocycles. The second-order valence-electron chi connectivity index (χ2n) is 10.8. The van der Waals surface area contributed by atoms with Crippen LogP contribution in [0.2, 0.25) is 0 Å². The molecule has 4 aliphatic heterocycles. The van der Waals surface area contributed by atoms with Gasteiger partial charge in [-0.3, -0.25) is 4.90 Å². The first-order chi connectivity index (χ1) is 14.8. The Bertz CT molecular complexity index is 805. The SMILES string of the molecule is CC(C)N1CCC(N2CCO[C@@]3(CO[C@@H]4c5cccc(O)c5OC(C)(C)[C@H]4C3)C2)CC1. The van der Waals surface area contributed by atoms with E-state index in [0.717, 1.165) is 31.7 Å². The summed E-state index contributed by atoms with van der Waals surface area (Å²) in [5, 5.41) is 10.3. The minimum atomic E-state index is -0.432. The Balaban J connectivity index is 1.32. The fourth-order valence-corrected chi connectivity index (χ4v) is 6.22. The number of ether oxygens (including phenoxy) is 3. The van der Waals surface area contributed by atoms with Crippen molar-refractivity contribution in [3.8, 4) is 11.5 Å². The first kappa shape index (κ1) is 21.5. The molecule has 4 heterocycles. The Labute approximate surface area is 186 Å². The Morgan fingerprint density at radius 2 is 1.90 bits per heavy atom. The number of hydrogen-bond donors (Lipinski definition) is 1. The highest BCUT2D eigenvalue weighted by Crippen LogP contribution is 2.54. The number of aromatic hydroxyl groups is 1. The Kier molecular flexibility index (Phi) is 5.48. The van der Waals surface area contributed by atoms with Crippen LogP contribution in [0.15, 0.2) is 18.2 Å². The first-order valence-electron chi connectivity index (χ1n) is 12.0. The summed E-state index contributed by atoms with van der Waals surface area (Å²) >= 11 is 0. The van der Waals surface area contributed by atoms with Gasteiger partial charge in [0.25, 0.3) is 0 Å². The number of rotatable bonds is 2. The number of morpholine rings is 1. The van der Waals surface area contributed by atoms with Crippen LogP contribution in [0.25, 0.3) is 0 Å². The number of phenols is 1. The monoisotopic (exact) mass is 430 g/mol. The van der Waals surface area contributed by atoms with Crippen LogP contribution in [0.3, 0.4) is 0 Å². The van der Waals surface area contributed by atoms with Crippen LogP contribution >= 0.6 is 0 Å². The van der Waals surface area contributed by atoms with Gasteiger partial charge in [0.15, 0.2) is 11.5 Å². The van der Waals surface area contributed by atoms with E-state index in [-0.39, 0.29) is 23.4 Å². The van der Waals surface area contributed by atoms with E-state index in [2.05, 4.69) is 37.5 Å². The van der Waals surface area contributed by atoms with Crippen molar-refractivity contribution in [2.24, 2.45) is 5.92 Å². The van der Waals surface area contributed by atoms with Crippen LogP contribution in [-0.2, 0) is 9.47 Å². The van der Waals surface area contributed by atoms with Crippen molar-refractivity contribution in [3.63, 3.8) is 0 Å². The number of benzene rings is 1. The lowest BCUT2D eigenvalue weighted by atomic mass is 9.71. The third-order valence-corrected chi connectivity index (χ3v) is 8.10. The van der Waals surface area contributed by atoms with Crippen molar-refractivity contribution < 1.29 is 19.3 Å². The van der Waals surface area contributed by atoms with Gasteiger partial charge in [0.2, 0.25) is 0 Å². The van der Waals surface area contributed by atoms with Crippen LogP contribution in [0.4, 0.5) is 0 Å². The van der Waals surface area contributed by atoms with Crippen LogP contribution in [0.5, 0.6) is 11.5 Å². The molecule has 6 heteroatoms. The van der Waals surface area contributed by atoms with Gasteiger partial charge in [0, 0.05) is 36.7 Å². The molecule has 0 aromatic heterocycles. The highest BCUT2D eigenvalue weighted by Gasteiger charge is 2.54. The number of fused-ring (bicyclic) bond motifs is 3. The summed E-state index contributed by atoms with van der Waals surface area (Å²) in [6.07, 6.45) is 3.33. The van der Waals surface area contributed by atoms with Crippen molar-refractivity contribution in [3.05, 3.63) is 23.8 Å². The molecule has 6 nitrogen and oxygen atoms in total. The summed E-state index contributed by atoms with van der Waals surface area (Å²) in [6, 6.07) is 6.87. The summed E-state index contributed by atoms with van der Waals surface area (Å²) in [5.41, 5.74) is 0.259. The molecular weight excluding hydrogens is 392 g/mol. The van der Waals surface area contributed by atoms with E-state index >= 15 is 0 Å². The molecule has 3 saturated heterocycles. The predicted molar refractivity (Wildman–Crippen MR) is 120 cm³/mol. The zero-order chi connectivity index (χ0) is 21.8. The van der Waals surface area contributed by atoms with E-state index in [0.29, 0.717) is 24.4 Å². The van der Waals surface area contributed by atoms with Gasteiger partial charge in [-0.15, -0.1) is 0 Å². The molecule has 0 bridgehead atoms. The van der Waals surface area contributed by atoms with E-state index in [4.69, 9.17) is 14.2 Å². The van der Waals surface area contributed by atoms with Crippen molar-refractivity contribution in [1.82, 2.24) is 9.80 Å². The number of likely N-dealkylation sites (tertiary alicyclic amines) is 1. The maximum atomic E-state index is 10.3. The molecular formula is C25H38N2O4. The normalized spacial score (nSPS) is 34.4. The predicted octanol–water partition coefficient (Wildman–Crippen LogP) is 3.58. The zero-order valence-corrected chi connectivity index (χ0v) is 19.5. The number of nitrogens with zero attached hydrogens (tertiary/aromatic N) is 2. The van der Waals surface area contributed by atoms with Crippen LogP contribution < -0.4 is 4.74 Å². The fourth-order valence-electron chi connectivity index (χ4n) is 6.22. The highest BCUT2D eigenvalue weighted by molar-refractivity contribution is 5.49. The third-order valence-electron chi connectivity index (χ3n) is 8.10. The van der Waals surface area contributed by atoms with Crippen molar-refractivity contribution in [2.45, 2.75) is 76.3 Å². The molecule has 1 aromatic rings. The quantitative estimate of drug-likeness (QED) is 0.774. The van der Waals surface area contributed by atoms with Crippen LogP contribution in [-0.4, -0.2) is 77.6 Å². The average Bonchev–Trinajstić information content (AvgIpc) is 2.75. The smallest absolute Gasteiger partial charge is 0.167 e. The van der Waals surface area contributed by atoms with Gasteiger partial charge in [0.1, 0.15) is 11.2 Å². The topological polar surface area (TPSA) is 54.4 Å². The minimum Gasteiger partial charge on any atom is -0.504 e. The molecule has 3 fully saturated rings. The molecule has 5 rings (SSSR count). The standard InChI is InChI=1S/C25H38N2O4/c1-17(2)26-10-8-18(9-11-26)27-12-13-30-25(15-27)14-20-22(29-16-25)19-6-5-7-21(28)23(19)31-24(20,3)4/h5-7,17-18,20,22,28H,8-16H2,1-4H3/t20-,22+,25+/m0/s1. The maximum Gasteiger partial charge on any atom is 0.167 e. The second kappa shape index (κ2) is 7.91. The molecule has 4 aliphatic rings. The molecule has 0 saturated carbocycles. The molecule has 1 N–H and O–H groups in total. The van der Waals surface area contributed by atoms with E-state index in [9.17, 15) is 5.11 Å². The largest absolute Gasteiger partial charge is 0.504 e. The summed E-state index contributed by atoms with van der Waals surface area (Å²) in [5.74, 6) is 0.951. The molecule has 0 unspecified atom stereocenters. The summed E-state index contributed by atoms with van der Waals surface area (Å²) < 4.78 is 19.3. The van der Waals surface area contributed by atoms with E-state index in [1.54, 1.807) is 6.07 Å². The molecule has 0 amide bonds. The second-order valence-corrected chi connectivity index (χ2v) is 10.8. The van der Waals surface area contributed by atoms with E-state index < -0.39 is 5.60 Å². The number of phenolic OH excluding ortho intramolecular Hbond substituents is 1. The van der Waals surface area contributed by atoms with Gasteiger partial charge in [-0.2, -0.15) is 0 Å². The number of para-hydroxylation sites is 1. The molecule has 31 heavy (non-hydrogen) atoms. The summed E-state index contributed by atoms with van der Waals surface area (Å²) in [6.45, 7) is 14.5. The summed E-state index contributed by atoms with van der Waals surface area (Å²) in [7, 11) is 0. The lowest BCUT2D eigenvalue weighted by Crippen LogP contribution is -2.63. The zero-order valence-electron chi connectivity index (χ0n) is 19.5. The summed E-state index contributed by atoms with van der Waals surface area (Å²) in [4.78, 5) is 5.26. The molecule has 1 spiro atoms. The highest BCUT2D eigenvalue weighted by atomic mass is 16.6. The lowest BCUT2D eigenvalue weighted by molar-refractivity contribution is -0.234. The van der Waals surface area contributed by atoms with Gasteiger partial charge in [-0.1, -0.05) is 12.1 Å². The average molecular weight is 431 g/mol. The van der Waals surface area contributed by atoms with Gasteiger partial charge in [0.05, 0.1) is 19.3 Å². The van der Waals surface area contributed by atoms with E-state index in [1.165, 1.54) is 25.9 Å². The first-order valence-corrected chi connectivity index (χ1v) is 12.0. The van der Waals surface area contributed by atoms with Gasteiger partial charge in [-0.05, 0) is 66.1 Å². The third kappa shape index (κ3) is 3.86. The number of piperidine rings is 1. The Morgan fingerprint density at radius 3 is 2.65 bits per heavy atom. The maximum absolute atomic E-state index is 10.3. The Morgan fingerprint density at radius 1 is 1.13 bits per heavy atom. The number of hydrogen-bond acceptors (Lipinski definition) is 6. The van der Waals surface area contributed by atoms with Crippen molar-refractivity contribution in [1.29, 1.82) is 0 Å². The van der Waals surface area contributed by atoms with Crippen molar-refractivity contribution in [2.75, 3.05) is 39.4 Å². The van der Waals surface area contributed by atoms with E-state index in [1.807, 2.05) is 12.1 Å². The van der Waals surface area contributed by atoms with Crippen LogP contribution in [0.1, 0.15) is 58.6 Å². The van der Waals surface area contributed by atoms with Gasteiger partial charge >= 0.3 is 0 Å². The van der Waals surface area contributed by atoms with Gasteiger partial charge in [-0.25, -0.2) is 0 Å². The van der Waals surface area contributed by atoms with Crippen molar-refractivity contribution >= 4 is 0 Å².